The maximum absolute atomic E-state index is 13.8. The minimum Gasteiger partial charge on any atom is -0.479 e. The standard InChI is InChI=1S/C32H45N5O10/c1-3-11-22(27(40)29(42)33-17-24(39)35-26(31(44)45)20-14-9-6-10-15-20)34-28(41)23-16-21(38)18-37(23)30(43)25(36-32(46)47-4-2)19-12-7-5-8-13-19/h6,9-10,14-15,19,21-23,25-26,38H,3-5,7-8,11-13,16-18H2,1-2H3,(H,33,42)(H,34,41)(H,35,39)(H,36,46)(H,44,45)/t21-,22+,23?,25+,26+/m1/s1. The van der Waals surface area contributed by atoms with Crippen LogP contribution in [0.1, 0.15) is 76.8 Å². The monoisotopic (exact) mass is 659 g/mol. The molecule has 6 N–H and O–H groups in total. The number of carboxylic acid groups (broad SMARTS) is 1. The molecule has 0 aromatic heterocycles. The van der Waals surface area contributed by atoms with Gasteiger partial charge in [0.15, 0.2) is 6.04 Å². The van der Waals surface area contributed by atoms with Crippen LogP contribution in [0.2, 0.25) is 0 Å². The number of hydrogen-bond donors (Lipinski definition) is 6. The van der Waals surface area contributed by atoms with E-state index in [-0.39, 0.29) is 31.9 Å². The van der Waals surface area contributed by atoms with Gasteiger partial charge in [-0.3, -0.25) is 24.0 Å². The van der Waals surface area contributed by atoms with Crippen LogP contribution in [0, 0.1) is 5.92 Å². The average molecular weight is 660 g/mol. The van der Waals surface area contributed by atoms with Crippen molar-refractivity contribution in [2.75, 3.05) is 19.7 Å². The molecule has 1 aromatic rings. The second-order valence-electron chi connectivity index (χ2n) is 11.8. The molecule has 15 nitrogen and oxygen atoms in total. The van der Waals surface area contributed by atoms with E-state index in [2.05, 4.69) is 21.3 Å². The van der Waals surface area contributed by atoms with E-state index in [1.165, 1.54) is 17.0 Å². The van der Waals surface area contributed by atoms with Crippen LogP contribution < -0.4 is 21.3 Å². The summed E-state index contributed by atoms with van der Waals surface area (Å²) in [6, 6.07) is 3.13. The number of ether oxygens (including phenoxy) is 1. The number of likely N-dealkylation sites (tertiary alicyclic amines) is 1. The van der Waals surface area contributed by atoms with Gasteiger partial charge in [-0.05, 0) is 37.7 Å². The van der Waals surface area contributed by atoms with Crippen LogP contribution in [-0.4, -0.2) is 101 Å². The summed E-state index contributed by atoms with van der Waals surface area (Å²) in [6.07, 6.45) is 2.71. The van der Waals surface area contributed by atoms with Gasteiger partial charge in [0.05, 0.1) is 25.3 Å². The summed E-state index contributed by atoms with van der Waals surface area (Å²) in [6.45, 7) is 2.62. The highest BCUT2D eigenvalue weighted by atomic mass is 16.5. The molecular formula is C32H45N5O10. The number of nitrogens with zero attached hydrogens (tertiary/aromatic N) is 1. The molecule has 5 amide bonds. The van der Waals surface area contributed by atoms with Gasteiger partial charge in [0.2, 0.25) is 23.5 Å². The third-order valence-electron chi connectivity index (χ3n) is 8.33. The highest BCUT2D eigenvalue weighted by Gasteiger charge is 2.44. The first-order valence-electron chi connectivity index (χ1n) is 16.1. The molecule has 1 heterocycles. The first-order chi connectivity index (χ1) is 22.5. The van der Waals surface area contributed by atoms with E-state index >= 15 is 0 Å². The predicted octanol–water partition coefficient (Wildman–Crippen LogP) is 0.556. The van der Waals surface area contributed by atoms with Gasteiger partial charge in [0.25, 0.3) is 5.91 Å². The summed E-state index contributed by atoms with van der Waals surface area (Å²) in [4.78, 5) is 90.8. The Morgan fingerprint density at radius 2 is 1.64 bits per heavy atom. The van der Waals surface area contributed by atoms with Gasteiger partial charge >= 0.3 is 12.1 Å². The molecule has 5 atom stereocenters. The molecule has 0 radical (unpaired) electrons. The zero-order valence-electron chi connectivity index (χ0n) is 26.7. The fourth-order valence-corrected chi connectivity index (χ4v) is 6.01. The number of amides is 5. The fraction of sp³-hybridized carbons (Fsp3) is 0.594. The Hall–Kier alpha value is -4.53. The lowest BCUT2D eigenvalue weighted by molar-refractivity contribution is -0.144. The Bertz CT molecular complexity index is 1290. The number of carbonyl (C=O) groups excluding carboxylic acids is 6. The number of aliphatic hydroxyl groups excluding tert-OH is 1. The highest BCUT2D eigenvalue weighted by molar-refractivity contribution is 6.38. The van der Waals surface area contributed by atoms with Crippen LogP contribution in [0.3, 0.4) is 0 Å². The maximum atomic E-state index is 13.8. The maximum Gasteiger partial charge on any atom is 0.407 e. The van der Waals surface area contributed by atoms with E-state index in [1.807, 2.05) is 0 Å². The first kappa shape index (κ1) is 36.9. The molecule has 1 aromatic carbocycles. The van der Waals surface area contributed by atoms with Crippen LogP contribution in [0.5, 0.6) is 0 Å². The smallest absolute Gasteiger partial charge is 0.407 e. The third-order valence-corrected chi connectivity index (χ3v) is 8.33. The van der Waals surface area contributed by atoms with Crippen molar-refractivity contribution in [1.82, 2.24) is 26.2 Å². The van der Waals surface area contributed by atoms with E-state index in [0.29, 0.717) is 24.8 Å². The predicted molar refractivity (Wildman–Crippen MR) is 166 cm³/mol. The zero-order chi connectivity index (χ0) is 34.5. The molecule has 1 aliphatic heterocycles. The SMILES string of the molecule is CCC[C@H](NC(=O)C1C[C@@H](O)CN1C(=O)[C@@H](NC(=O)OCC)C1CCCCC1)C(=O)C(=O)NCC(=O)N[C@H](C(=O)O)c1ccccc1. The minimum atomic E-state index is -1.37. The lowest BCUT2D eigenvalue weighted by atomic mass is 9.83. The van der Waals surface area contributed by atoms with Crippen LogP contribution in [0.25, 0.3) is 0 Å². The molecule has 258 valence electrons. The highest BCUT2D eigenvalue weighted by Crippen LogP contribution is 2.29. The van der Waals surface area contributed by atoms with Crippen molar-refractivity contribution in [2.24, 2.45) is 5.92 Å². The quantitative estimate of drug-likeness (QED) is 0.144. The Morgan fingerprint density at radius 3 is 2.26 bits per heavy atom. The summed E-state index contributed by atoms with van der Waals surface area (Å²) >= 11 is 0. The van der Waals surface area contributed by atoms with E-state index < -0.39 is 78.3 Å². The van der Waals surface area contributed by atoms with Gasteiger partial charge in [0, 0.05) is 13.0 Å². The number of carbonyl (C=O) groups is 7. The molecule has 3 rings (SSSR count). The van der Waals surface area contributed by atoms with Crippen molar-refractivity contribution < 1.29 is 48.5 Å². The first-order valence-corrected chi connectivity index (χ1v) is 16.1. The number of carboxylic acids is 1. The largest absolute Gasteiger partial charge is 0.479 e. The van der Waals surface area contributed by atoms with Gasteiger partial charge < -0.3 is 41.1 Å². The number of Topliss-reactive ketones (excluding diaryl/α,β-unsaturated/α-hetero) is 1. The molecule has 2 aliphatic rings. The normalized spacial score (nSPS) is 19.9. The van der Waals surface area contributed by atoms with Crippen molar-refractivity contribution in [3.05, 3.63) is 35.9 Å². The second kappa shape index (κ2) is 18.0. The van der Waals surface area contributed by atoms with Crippen molar-refractivity contribution in [1.29, 1.82) is 0 Å². The number of ketones is 1. The van der Waals surface area contributed by atoms with E-state index in [0.717, 1.165) is 19.3 Å². The van der Waals surface area contributed by atoms with Crippen molar-refractivity contribution in [3.8, 4) is 0 Å². The fourth-order valence-electron chi connectivity index (χ4n) is 6.01. The number of alkyl carbamates (subject to hydrolysis) is 1. The van der Waals surface area contributed by atoms with Crippen LogP contribution >= 0.6 is 0 Å². The lowest BCUT2D eigenvalue weighted by Crippen LogP contribution is -2.58. The molecule has 1 aliphatic carbocycles. The molecule has 0 spiro atoms. The molecule has 0 bridgehead atoms. The zero-order valence-corrected chi connectivity index (χ0v) is 26.7. The Balaban J connectivity index is 1.66. The molecule has 15 heteroatoms. The van der Waals surface area contributed by atoms with Crippen molar-refractivity contribution in [3.63, 3.8) is 0 Å². The summed E-state index contributed by atoms with van der Waals surface area (Å²) in [5, 5.41) is 29.6. The molecule has 1 saturated carbocycles. The number of aliphatic carboxylic acids is 1. The van der Waals surface area contributed by atoms with Crippen LogP contribution in [0.4, 0.5) is 4.79 Å². The number of benzene rings is 1. The van der Waals surface area contributed by atoms with Gasteiger partial charge in [0.1, 0.15) is 12.1 Å². The Morgan fingerprint density at radius 1 is 0.957 bits per heavy atom. The van der Waals surface area contributed by atoms with Gasteiger partial charge in [-0.25, -0.2) is 9.59 Å². The molecule has 1 unspecified atom stereocenters. The van der Waals surface area contributed by atoms with Crippen molar-refractivity contribution in [2.45, 2.75) is 95.5 Å². The minimum absolute atomic E-state index is 0.0671. The molecular weight excluding hydrogens is 614 g/mol. The Kier molecular flexibility index (Phi) is 14.1. The summed E-state index contributed by atoms with van der Waals surface area (Å²) in [5.41, 5.74) is 0.313. The number of β-amino-alcohol motifs (C(OH)–C–C–N with tert-alkyl or cyclic N) is 1. The summed E-state index contributed by atoms with van der Waals surface area (Å²) < 4.78 is 5.01. The third kappa shape index (κ3) is 10.5. The van der Waals surface area contributed by atoms with Crippen molar-refractivity contribution >= 4 is 41.5 Å². The van der Waals surface area contributed by atoms with E-state index in [9.17, 15) is 43.8 Å². The summed E-state index contributed by atoms with van der Waals surface area (Å²) in [5.74, 6) is -5.85. The number of nitrogens with one attached hydrogen (secondary N) is 4. The van der Waals surface area contributed by atoms with Gasteiger partial charge in [-0.1, -0.05) is 62.9 Å². The molecule has 2 fully saturated rings. The topological polar surface area (TPSA) is 221 Å². The number of hydrogen-bond acceptors (Lipinski definition) is 9. The van der Waals surface area contributed by atoms with Gasteiger partial charge in [-0.15, -0.1) is 0 Å². The van der Waals surface area contributed by atoms with Crippen LogP contribution in [-0.2, 0) is 33.5 Å². The average Bonchev–Trinajstić information content (AvgIpc) is 3.46. The van der Waals surface area contributed by atoms with E-state index in [1.54, 1.807) is 32.0 Å². The second-order valence-corrected chi connectivity index (χ2v) is 11.8. The number of rotatable bonds is 15. The lowest BCUT2D eigenvalue weighted by Gasteiger charge is -2.34. The Labute approximate surface area is 273 Å². The van der Waals surface area contributed by atoms with Crippen LogP contribution in [0.15, 0.2) is 30.3 Å². The number of aliphatic hydroxyl groups is 1. The van der Waals surface area contributed by atoms with E-state index in [4.69, 9.17) is 4.74 Å². The molecule has 1 saturated heterocycles. The summed E-state index contributed by atoms with van der Waals surface area (Å²) in [7, 11) is 0. The van der Waals surface area contributed by atoms with Gasteiger partial charge in [-0.2, -0.15) is 0 Å². The molecule has 47 heavy (non-hydrogen) atoms.